The Kier molecular flexibility index (Phi) is 4.54. The number of carbonyl (C=O) groups excluding carboxylic acids is 1. The summed E-state index contributed by atoms with van der Waals surface area (Å²) in [5.41, 5.74) is 0. The fraction of sp³-hybridized carbons (Fsp3) is 0.909. The second-order valence-electron chi connectivity index (χ2n) is 4.32. The molecule has 0 radical (unpaired) electrons. The lowest BCUT2D eigenvalue weighted by Gasteiger charge is -2.28. The van der Waals surface area contributed by atoms with Gasteiger partial charge in [0.05, 0.1) is 13.0 Å². The van der Waals surface area contributed by atoms with Crippen LogP contribution in [0.5, 0.6) is 0 Å². The first-order valence-electron chi connectivity index (χ1n) is 5.59. The molecule has 1 N–H and O–H groups in total. The first-order chi connectivity index (χ1) is 7.10. The maximum Gasteiger partial charge on any atom is 0.309 e. The number of rotatable bonds is 4. The van der Waals surface area contributed by atoms with Crippen LogP contribution in [0.3, 0.4) is 0 Å². The maximum atomic E-state index is 11.4. The quantitative estimate of drug-likeness (QED) is 0.691. The molecule has 3 atom stereocenters. The molecule has 0 bridgehead atoms. The zero-order valence-corrected chi connectivity index (χ0v) is 10.1. The van der Waals surface area contributed by atoms with E-state index in [-0.39, 0.29) is 17.9 Å². The molecule has 0 saturated carbocycles. The summed E-state index contributed by atoms with van der Waals surface area (Å²) in [7, 11) is 3.44. The molecule has 0 aromatic carbocycles. The third-order valence-corrected chi connectivity index (χ3v) is 3.50. The van der Waals surface area contributed by atoms with E-state index in [0.29, 0.717) is 6.04 Å². The molecule has 0 amide bonds. The molecule has 4 heteroatoms. The van der Waals surface area contributed by atoms with E-state index >= 15 is 0 Å². The summed E-state index contributed by atoms with van der Waals surface area (Å²) >= 11 is 0. The summed E-state index contributed by atoms with van der Waals surface area (Å²) in [4.78, 5) is 13.7. The fourth-order valence-electron chi connectivity index (χ4n) is 2.09. The van der Waals surface area contributed by atoms with Crippen LogP contribution in [0.1, 0.15) is 20.3 Å². The average Bonchev–Trinajstić information content (AvgIpc) is 2.74. The molecular weight excluding hydrogens is 192 g/mol. The van der Waals surface area contributed by atoms with Crippen LogP contribution in [0.25, 0.3) is 0 Å². The van der Waals surface area contributed by atoms with Crippen molar-refractivity contribution < 1.29 is 9.53 Å². The van der Waals surface area contributed by atoms with Gasteiger partial charge in [0.2, 0.25) is 0 Å². The van der Waals surface area contributed by atoms with Crippen molar-refractivity contribution in [2.24, 2.45) is 5.92 Å². The standard InChI is InChI=1S/C11H22N2O2/c1-8(11(14)15-4)9(2)13-6-5-10(7-13)12-3/h8-10,12H,5-7H2,1-4H3. The van der Waals surface area contributed by atoms with Crippen molar-refractivity contribution in [2.45, 2.75) is 32.4 Å². The molecule has 88 valence electrons. The SMILES string of the molecule is CNC1CCN(C(C)C(C)C(=O)OC)C1. The maximum absolute atomic E-state index is 11.4. The topological polar surface area (TPSA) is 41.6 Å². The lowest BCUT2D eigenvalue weighted by atomic mass is 10.0. The van der Waals surface area contributed by atoms with Crippen LogP contribution in [0.4, 0.5) is 0 Å². The smallest absolute Gasteiger partial charge is 0.309 e. The van der Waals surface area contributed by atoms with Crippen LogP contribution in [-0.4, -0.2) is 50.2 Å². The van der Waals surface area contributed by atoms with E-state index in [1.54, 1.807) is 0 Å². The average molecular weight is 214 g/mol. The van der Waals surface area contributed by atoms with E-state index < -0.39 is 0 Å². The Morgan fingerprint density at radius 1 is 1.53 bits per heavy atom. The fourth-order valence-corrected chi connectivity index (χ4v) is 2.09. The zero-order valence-electron chi connectivity index (χ0n) is 10.1. The zero-order chi connectivity index (χ0) is 11.4. The molecule has 4 nitrogen and oxygen atoms in total. The predicted molar refractivity (Wildman–Crippen MR) is 59.7 cm³/mol. The molecule has 0 spiro atoms. The van der Waals surface area contributed by atoms with Gasteiger partial charge in [-0.1, -0.05) is 6.92 Å². The van der Waals surface area contributed by atoms with Crippen LogP contribution in [0, 0.1) is 5.92 Å². The molecule has 1 aliphatic heterocycles. The predicted octanol–water partition coefficient (Wildman–Crippen LogP) is 0.478. The van der Waals surface area contributed by atoms with Crippen molar-refractivity contribution in [1.29, 1.82) is 0 Å². The van der Waals surface area contributed by atoms with Gasteiger partial charge in [-0.25, -0.2) is 0 Å². The number of nitrogens with zero attached hydrogens (tertiary/aromatic N) is 1. The van der Waals surface area contributed by atoms with Crippen molar-refractivity contribution >= 4 is 5.97 Å². The largest absolute Gasteiger partial charge is 0.469 e. The molecule has 1 rings (SSSR count). The van der Waals surface area contributed by atoms with E-state index in [2.05, 4.69) is 17.1 Å². The van der Waals surface area contributed by atoms with Crippen molar-refractivity contribution in [3.63, 3.8) is 0 Å². The summed E-state index contributed by atoms with van der Waals surface area (Å²) in [6.45, 7) is 6.12. The molecule has 1 saturated heterocycles. The summed E-state index contributed by atoms with van der Waals surface area (Å²) in [5, 5.41) is 3.27. The third-order valence-electron chi connectivity index (χ3n) is 3.50. The summed E-state index contributed by atoms with van der Waals surface area (Å²) < 4.78 is 4.76. The Labute approximate surface area is 92.0 Å². The monoisotopic (exact) mass is 214 g/mol. The molecule has 1 aliphatic rings. The highest BCUT2D eigenvalue weighted by atomic mass is 16.5. The van der Waals surface area contributed by atoms with Gasteiger partial charge in [-0.05, 0) is 20.4 Å². The number of methoxy groups -OCH3 is 1. The number of likely N-dealkylation sites (N-methyl/N-ethyl adjacent to an activating group) is 1. The molecule has 1 heterocycles. The molecule has 0 aromatic rings. The van der Waals surface area contributed by atoms with Crippen LogP contribution < -0.4 is 5.32 Å². The highest BCUT2D eigenvalue weighted by Gasteiger charge is 2.31. The van der Waals surface area contributed by atoms with Crippen molar-refractivity contribution in [1.82, 2.24) is 10.2 Å². The molecular formula is C11H22N2O2. The van der Waals surface area contributed by atoms with Crippen LogP contribution >= 0.6 is 0 Å². The number of likely N-dealkylation sites (tertiary alicyclic amines) is 1. The summed E-state index contributed by atoms with van der Waals surface area (Å²) in [6.07, 6.45) is 1.16. The number of hydrogen-bond acceptors (Lipinski definition) is 4. The van der Waals surface area contributed by atoms with E-state index in [9.17, 15) is 4.79 Å². The number of nitrogens with one attached hydrogen (secondary N) is 1. The van der Waals surface area contributed by atoms with Crippen LogP contribution in [-0.2, 0) is 9.53 Å². The molecule has 0 aliphatic carbocycles. The van der Waals surface area contributed by atoms with E-state index in [1.165, 1.54) is 7.11 Å². The van der Waals surface area contributed by atoms with Gasteiger partial charge in [-0.3, -0.25) is 9.69 Å². The second kappa shape index (κ2) is 5.47. The first kappa shape index (κ1) is 12.5. The Morgan fingerprint density at radius 2 is 2.20 bits per heavy atom. The van der Waals surface area contributed by atoms with Crippen molar-refractivity contribution in [3.05, 3.63) is 0 Å². The van der Waals surface area contributed by atoms with Gasteiger partial charge in [0.15, 0.2) is 0 Å². The van der Waals surface area contributed by atoms with E-state index in [1.807, 2.05) is 14.0 Å². The van der Waals surface area contributed by atoms with Gasteiger partial charge in [-0.2, -0.15) is 0 Å². The lowest BCUT2D eigenvalue weighted by Crippen LogP contribution is -2.41. The Bertz CT molecular complexity index is 221. The van der Waals surface area contributed by atoms with Gasteiger partial charge >= 0.3 is 5.97 Å². The first-order valence-corrected chi connectivity index (χ1v) is 5.59. The minimum Gasteiger partial charge on any atom is -0.469 e. The van der Waals surface area contributed by atoms with Gasteiger partial charge in [0.25, 0.3) is 0 Å². The van der Waals surface area contributed by atoms with Crippen LogP contribution in [0.15, 0.2) is 0 Å². The third kappa shape index (κ3) is 2.92. The molecule has 1 fully saturated rings. The Balaban J connectivity index is 2.47. The highest BCUT2D eigenvalue weighted by molar-refractivity contribution is 5.72. The van der Waals surface area contributed by atoms with E-state index in [4.69, 9.17) is 4.74 Å². The van der Waals surface area contributed by atoms with Crippen molar-refractivity contribution in [3.8, 4) is 0 Å². The minimum absolute atomic E-state index is 0.0504. The summed E-state index contributed by atoms with van der Waals surface area (Å²) in [6, 6.07) is 0.827. The highest BCUT2D eigenvalue weighted by Crippen LogP contribution is 2.18. The normalized spacial score (nSPS) is 26.3. The molecule has 0 aromatic heterocycles. The Hall–Kier alpha value is -0.610. The van der Waals surface area contributed by atoms with Crippen LogP contribution in [0.2, 0.25) is 0 Å². The molecule has 15 heavy (non-hydrogen) atoms. The number of carbonyl (C=O) groups is 1. The second-order valence-corrected chi connectivity index (χ2v) is 4.32. The lowest BCUT2D eigenvalue weighted by molar-refractivity contribution is -0.146. The number of esters is 1. The van der Waals surface area contributed by atoms with Gasteiger partial charge in [0, 0.05) is 25.2 Å². The van der Waals surface area contributed by atoms with Gasteiger partial charge in [0.1, 0.15) is 0 Å². The molecule has 3 unspecified atom stereocenters. The Morgan fingerprint density at radius 3 is 2.67 bits per heavy atom. The minimum atomic E-state index is -0.115. The summed E-state index contributed by atoms with van der Waals surface area (Å²) in [5.74, 6) is -0.166. The number of hydrogen-bond donors (Lipinski definition) is 1. The van der Waals surface area contributed by atoms with Gasteiger partial charge in [-0.15, -0.1) is 0 Å². The van der Waals surface area contributed by atoms with Crippen molar-refractivity contribution in [2.75, 3.05) is 27.2 Å². The van der Waals surface area contributed by atoms with E-state index in [0.717, 1.165) is 19.5 Å². The van der Waals surface area contributed by atoms with Gasteiger partial charge < -0.3 is 10.1 Å². The number of ether oxygens (including phenoxy) is 1.